The van der Waals surface area contributed by atoms with Gasteiger partial charge in [-0.25, -0.2) is 0 Å². The van der Waals surface area contributed by atoms with E-state index in [1.807, 2.05) is 0 Å². The summed E-state index contributed by atoms with van der Waals surface area (Å²) < 4.78 is 39.0. The molecule has 1 atom stereocenters. The third-order valence-corrected chi connectivity index (χ3v) is 5.12. The first-order chi connectivity index (χ1) is 12.3. The molecule has 1 aliphatic heterocycles. The predicted molar refractivity (Wildman–Crippen MR) is 97.3 cm³/mol. The van der Waals surface area contributed by atoms with Crippen LogP contribution >= 0.6 is 12.4 Å². The van der Waals surface area contributed by atoms with E-state index in [0.29, 0.717) is 6.54 Å². The molecule has 1 heterocycles. The van der Waals surface area contributed by atoms with E-state index in [9.17, 15) is 22.8 Å². The maximum absolute atomic E-state index is 13.0. The second-order valence-electron chi connectivity index (χ2n) is 7.00. The monoisotopic (exact) mass is 405 g/mol. The number of hydrogen-bond acceptors (Lipinski definition) is 3. The summed E-state index contributed by atoms with van der Waals surface area (Å²) >= 11 is 0. The predicted octanol–water partition coefficient (Wildman–Crippen LogP) is 3.32. The van der Waals surface area contributed by atoms with Crippen LogP contribution in [-0.4, -0.2) is 29.3 Å². The number of benzene rings is 1. The average molecular weight is 406 g/mol. The van der Waals surface area contributed by atoms with E-state index in [-0.39, 0.29) is 48.6 Å². The first-order valence-corrected chi connectivity index (χ1v) is 8.79. The van der Waals surface area contributed by atoms with Crippen molar-refractivity contribution in [3.05, 3.63) is 29.3 Å². The molecule has 2 aliphatic rings. The van der Waals surface area contributed by atoms with Crippen LogP contribution in [0.25, 0.3) is 0 Å². The fourth-order valence-electron chi connectivity index (χ4n) is 3.77. The summed E-state index contributed by atoms with van der Waals surface area (Å²) in [6, 6.07) is 3.48. The highest BCUT2D eigenvalue weighted by atomic mass is 35.5. The molecule has 1 aromatic rings. The lowest BCUT2D eigenvalue weighted by Crippen LogP contribution is -2.35. The fourth-order valence-corrected chi connectivity index (χ4v) is 3.77. The number of amides is 2. The first-order valence-electron chi connectivity index (χ1n) is 8.79. The van der Waals surface area contributed by atoms with Crippen LogP contribution in [-0.2, 0) is 22.3 Å². The molecule has 2 amide bonds. The average Bonchev–Trinajstić information content (AvgIpc) is 3.22. The molecule has 0 spiro atoms. The lowest BCUT2D eigenvalue weighted by Gasteiger charge is -2.24. The molecular formula is C18H23ClF3N3O2. The third kappa shape index (κ3) is 4.93. The standard InChI is InChI=1S/C18H22F3N3O2.ClH/c19-18(20,21)13-5-11(9-22)6-14(8-13)23-17(26)12-7-16(25)24(10-12)15-3-1-2-4-15;/h5-6,8,12,15H,1-4,7,9-10,22H2,(H,23,26);1H. The highest BCUT2D eigenvalue weighted by molar-refractivity contribution is 5.97. The van der Waals surface area contributed by atoms with Crippen LogP contribution < -0.4 is 11.1 Å². The van der Waals surface area contributed by atoms with Crippen LogP contribution in [0.5, 0.6) is 0 Å². The molecule has 2 fully saturated rings. The fraction of sp³-hybridized carbons (Fsp3) is 0.556. The summed E-state index contributed by atoms with van der Waals surface area (Å²) in [5.74, 6) is -1.02. The van der Waals surface area contributed by atoms with Crippen LogP contribution in [0.1, 0.15) is 43.2 Å². The summed E-state index contributed by atoms with van der Waals surface area (Å²) in [5.41, 5.74) is 4.94. The molecule has 150 valence electrons. The molecule has 3 N–H and O–H groups in total. The molecule has 0 radical (unpaired) electrons. The molecule has 0 aromatic heterocycles. The lowest BCUT2D eigenvalue weighted by atomic mass is 10.1. The molecular weight excluding hydrogens is 383 g/mol. The maximum Gasteiger partial charge on any atom is 0.416 e. The molecule has 9 heteroatoms. The van der Waals surface area contributed by atoms with Crippen LogP contribution in [0.4, 0.5) is 18.9 Å². The minimum Gasteiger partial charge on any atom is -0.339 e. The number of halogens is 4. The zero-order chi connectivity index (χ0) is 18.9. The van der Waals surface area contributed by atoms with Crippen LogP contribution in [0.3, 0.4) is 0 Å². The number of rotatable bonds is 4. The zero-order valence-corrected chi connectivity index (χ0v) is 15.5. The van der Waals surface area contributed by atoms with Crippen molar-refractivity contribution in [1.82, 2.24) is 4.90 Å². The number of nitrogens with two attached hydrogens (primary N) is 1. The Morgan fingerprint density at radius 3 is 2.48 bits per heavy atom. The summed E-state index contributed by atoms with van der Waals surface area (Å²) in [6.45, 7) is 0.266. The van der Waals surface area contributed by atoms with Gasteiger partial charge in [0, 0.05) is 31.2 Å². The Kier molecular flexibility index (Phi) is 6.75. The number of anilines is 1. The highest BCUT2D eigenvalue weighted by Gasteiger charge is 2.39. The Morgan fingerprint density at radius 2 is 1.89 bits per heavy atom. The number of carbonyl (C=O) groups is 2. The van der Waals surface area contributed by atoms with Gasteiger partial charge >= 0.3 is 6.18 Å². The molecule has 1 unspecified atom stereocenters. The van der Waals surface area contributed by atoms with Crippen molar-refractivity contribution in [1.29, 1.82) is 0 Å². The molecule has 3 rings (SSSR count). The minimum atomic E-state index is -4.52. The van der Waals surface area contributed by atoms with Crippen LogP contribution in [0, 0.1) is 5.92 Å². The van der Waals surface area contributed by atoms with Gasteiger partial charge in [-0.05, 0) is 36.6 Å². The van der Waals surface area contributed by atoms with Crippen LogP contribution in [0.15, 0.2) is 18.2 Å². The van der Waals surface area contributed by atoms with E-state index in [0.717, 1.165) is 37.8 Å². The Balaban J connectivity index is 0.00000261. The number of nitrogens with zero attached hydrogens (tertiary/aromatic N) is 1. The normalized spacial score (nSPS) is 20.7. The smallest absolute Gasteiger partial charge is 0.339 e. The Morgan fingerprint density at radius 1 is 1.22 bits per heavy atom. The van der Waals surface area contributed by atoms with E-state index in [4.69, 9.17) is 5.73 Å². The van der Waals surface area contributed by atoms with Crippen molar-refractivity contribution >= 4 is 29.9 Å². The van der Waals surface area contributed by atoms with Gasteiger partial charge in [0.1, 0.15) is 0 Å². The Labute approximate surface area is 161 Å². The van der Waals surface area contributed by atoms with Gasteiger partial charge in [-0.1, -0.05) is 12.8 Å². The zero-order valence-electron chi connectivity index (χ0n) is 14.7. The lowest BCUT2D eigenvalue weighted by molar-refractivity contribution is -0.137. The SMILES string of the molecule is Cl.NCc1cc(NC(=O)C2CC(=O)N(C3CCCC3)C2)cc(C(F)(F)F)c1. The van der Waals surface area contributed by atoms with Gasteiger partial charge in [0.2, 0.25) is 11.8 Å². The van der Waals surface area contributed by atoms with Crippen molar-refractivity contribution in [2.24, 2.45) is 11.7 Å². The molecule has 27 heavy (non-hydrogen) atoms. The minimum absolute atomic E-state index is 0. The van der Waals surface area contributed by atoms with Crippen LogP contribution in [0.2, 0.25) is 0 Å². The molecule has 0 bridgehead atoms. The second kappa shape index (κ2) is 8.48. The van der Waals surface area contributed by atoms with Crippen molar-refractivity contribution < 1.29 is 22.8 Å². The quantitative estimate of drug-likeness (QED) is 0.806. The first kappa shape index (κ1) is 21.5. The van der Waals surface area contributed by atoms with Crippen molar-refractivity contribution in [2.75, 3.05) is 11.9 Å². The van der Waals surface area contributed by atoms with Gasteiger partial charge in [-0.2, -0.15) is 13.2 Å². The highest BCUT2D eigenvalue weighted by Crippen LogP contribution is 2.33. The molecule has 1 aliphatic carbocycles. The van der Waals surface area contributed by atoms with Crippen molar-refractivity contribution in [3.63, 3.8) is 0 Å². The van der Waals surface area contributed by atoms with E-state index in [1.165, 1.54) is 6.07 Å². The summed E-state index contributed by atoms with van der Waals surface area (Å²) in [7, 11) is 0. The molecule has 1 aromatic carbocycles. The van der Waals surface area contributed by atoms with E-state index in [2.05, 4.69) is 5.32 Å². The third-order valence-electron chi connectivity index (χ3n) is 5.12. The number of alkyl halides is 3. The second-order valence-corrected chi connectivity index (χ2v) is 7.00. The molecule has 1 saturated carbocycles. The number of likely N-dealkylation sites (tertiary alicyclic amines) is 1. The number of nitrogens with one attached hydrogen (secondary N) is 1. The molecule has 1 saturated heterocycles. The summed E-state index contributed by atoms with van der Waals surface area (Å²) in [4.78, 5) is 26.4. The Bertz CT molecular complexity index is 706. The van der Waals surface area contributed by atoms with Gasteiger partial charge in [-0.3, -0.25) is 9.59 Å². The van der Waals surface area contributed by atoms with E-state index >= 15 is 0 Å². The maximum atomic E-state index is 13.0. The van der Waals surface area contributed by atoms with Gasteiger partial charge < -0.3 is 16.0 Å². The summed E-state index contributed by atoms with van der Waals surface area (Å²) in [6.07, 6.45) is -0.353. The Hall–Kier alpha value is -1.80. The van der Waals surface area contributed by atoms with Gasteiger partial charge in [-0.15, -0.1) is 12.4 Å². The van der Waals surface area contributed by atoms with Gasteiger partial charge in [0.25, 0.3) is 0 Å². The van der Waals surface area contributed by atoms with Gasteiger partial charge in [0.15, 0.2) is 0 Å². The van der Waals surface area contributed by atoms with Crippen molar-refractivity contribution in [3.8, 4) is 0 Å². The molecule has 5 nitrogen and oxygen atoms in total. The van der Waals surface area contributed by atoms with E-state index in [1.54, 1.807) is 4.90 Å². The van der Waals surface area contributed by atoms with Gasteiger partial charge in [0.05, 0.1) is 11.5 Å². The topological polar surface area (TPSA) is 75.4 Å². The number of carbonyl (C=O) groups excluding carboxylic acids is 2. The number of hydrogen-bond donors (Lipinski definition) is 2. The largest absolute Gasteiger partial charge is 0.416 e. The summed E-state index contributed by atoms with van der Waals surface area (Å²) in [5, 5.41) is 2.53. The van der Waals surface area contributed by atoms with E-state index < -0.39 is 23.6 Å². The van der Waals surface area contributed by atoms with Crippen molar-refractivity contribution in [2.45, 2.75) is 50.9 Å².